The summed E-state index contributed by atoms with van der Waals surface area (Å²) < 4.78 is 42.0. The van der Waals surface area contributed by atoms with E-state index in [1.807, 2.05) is 32.9 Å². The first-order valence-corrected chi connectivity index (χ1v) is 12.9. The number of aryl methyl sites for hydroxylation is 1. The van der Waals surface area contributed by atoms with Crippen LogP contribution in [-0.2, 0) is 11.3 Å². The molecule has 11 heteroatoms. The second-order valence-corrected chi connectivity index (χ2v) is 10.6. The van der Waals surface area contributed by atoms with E-state index in [-0.39, 0.29) is 18.6 Å². The summed E-state index contributed by atoms with van der Waals surface area (Å²) in [6.07, 6.45) is 4.74. The summed E-state index contributed by atoms with van der Waals surface area (Å²) in [5.41, 5.74) is 3.47. The molecule has 0 N–H and O–H groups in total. The zero-order valence-electron chi connectivity index (χ0n) is 23.0. The molecule has 0 bridgehead atoms. The minimum Gasteiger partial charge on any atom is -0.467 e. The molecule has 1 aromatic carbocycles. The van der Waals surface area contributed by atoms with Crippen LogP contribution in [0.4, 0.5) is 13.6 Å². The summed E-state index contributed by atoms with van der Waals surface area (Å²) in [7, 11) is 1.46. The van der Waals surface area contributed by atoms with Crippen LogP contribution in [-0.4, -0.2) is 61.3 Å². The SMILES string of the molecule is COc1nc(C)c2nc(-c3cncc(F)c3)n(Cc3ccc(C4=CCN(C(=O)OC(C)(C)C)CC4)cc3F)c2n1. The molecule has 208 valence electrons. The molecule has 0 unspecified atom stereocenters. The van der Waals surface area contributed by atoms with Gasteiger partial charge < -0.3 is 18.9 Å². The molecule has 1 amide bonds. The lowest BCUT2D eigenvalue weighted by Crippen LogP contribution is -2.39. The predicted molar refractivity (Wildman–Crippen MR) is 146 cm³/mol. The number of amides is 1. The van der Waals surface area contributed by atoms with Gasteiger partial charge in [0.25, 0.3) is 0 Å². The van der Waals surface area contributed by atoms with Crippen LogP contribution in [0.2, 0.25) is 0 Å². The molecule has 1 aliphatic heterocycles. The van der Waals surface area contributed by atoms with E-state index in [9.17, 15) is 9.18 Å². The number of pyridine rings is 1. The quantitative estimate of drug-likeness (QED) is 0.322. The van der Waals surface area contributed by atoms with Crippen molar-refractivity contribution in [3.8, 4) is 17.4 Å². The van der Waals surface area contributed by atoms with Crippen molar-refractivity contribution in [2.24, 2.45) is 0 Å². The third kappa shape index (κ3) is 5.63. The molecule has 0 fully saturated rings. The Morgan fingerprint density at radius 2 is 1.88 bits per heavy atom. The van der Waals surface area contributed by atoms with Gasteiger partial charge in [0, 0.05) is 30.4 Å². The molecule has 5 rings (SSSR count). The van der Waals surface area contributed by atoms with Crippen LogP contribution in [0.15, 0.2) is 42.7 Å². The maximum Gasteiger partial charge on any atom is 0.410 e. The van der Waals surface area contributed by atoms with Crippen molar-refractivity contribution in [3.63, 3.8) is 0 Å². The van der Waals surface area contributed by atoms with Gasteiger partial charge in [0.1, 0.15) is 28.6 Å². The molecule has 4 aromatic rings. The summed E-state index contributed by atoms with van der Waals surface area (Å²) >= 11 is 0. The Morgan fingerprint density at radius 3 is 2.52 bits per heavy atom. The second kappa shape index (κ2) is 10.6. The number of carbonyl (C=O) groups excluding carboxylic acids is 1. The van der Waals surface area contributed by atoms with Crippen molar-refractivity contribution in [1.29, 1.82) is 0 Å². The zero-order chi connectivity index (χ0) is 28.6. The molecule has 4 heterocycles. The number of aromatic nitrogens is 5. The normalized spacial score (nSPS) is 13.9. The lowest BCUT2D eigenvalue weighted by molar-refractivity contribution is 0.0270. The minimum atomic E-state index is -0.568. The van der Waals surface area contributed by atoms with Gasteiger partial charge in [-0.15, -0.1) is 0 Å². The van der Waals surface area contributed by atoms with E-state index in [1.54, 1.807) is 22.5 Å². The number of methoxy groups -OCH3 is 1. The average molecular weight is 549 g/mol. The fourth-order valence-corrected chi connectivity index (χ4v) is 4.58. The molecule has 0 radical (unpaired) electrons. The smallest absolute Gasteiger partial charge is 0.410 e. The van der Waals surface area contributed by atoms with E-state index in [1.165, 1.54) is 25.4 Å². The Hall–Kier alpha value is -4.41. The van der Waals surface area contributed by atoms with Gasteiger partial charge >= 0.3 is 12.1 Å². The number of imidazole rings is 1. The molecular formula is C29H30F2N6O3. The Balaban J connectivity index is 1.46. The molecule has 0 saturated heterocycles. The molecule has 0 atom stereocenters. The highest BCUT2D eigenvalue weighted by molar-refractivity contribution is 5.79. The first-order chi connectivity index (χ1) is 19.0. The van der Waals surface area contributed by atoms with E-state index < -0.39 is 17.2 Å². The van der Waals surface area contributed by atoms with Crippen molar-refractivity contribution >= 4 is 22.8 Å². The highest BCUT2D eigenvalue weighted by atomic mass is 19.1. The molecule has 1 aliphatic rings. The van der Waals surface area contributed by atoms with E-state index in [4.69, 9.17) is 9.47 Å². The van der Waals surface area contributed by atoms with E-state index >= 15 is 4.39 Å². The first kappa shape index (κ1) is 27.2. The van der Waals surface area contributed by atoms with Crippen LogP contribution < -0.4 is 4.74 Å². The fraction of sp³-hybridized carbons (Fsp3) is 0.345. The first-order valence-electron chi connectivity index (χ1n) is 12.9. The lowest BCUT2D eigenvalue weighted by atomic mass is 9.98. The number of hydrogen-bond acceptors (Lipinski definition) is 7. The summed E-state index contributed by atoms with van der Waals surface area (Å²) in [6.45, 7) is 8.22. The number of benzene rings is 1. The maximum atomic E-state index is 15.5. The third-order valence-corrected chi connectivity index (χ3v) is 6.51. The number of ether oxygens (including phenoxy) is 2. The van der Waals surface area contributed by atoms with Crippen molar-refractivity contribution in [2.45, 2.75) is 46.3 Å². The molecule has 40 heavy (non-hydrogen) atoms. The minimum absolute atomic E-state index is 0.0829. The largest absolute Gasteiger partial charge is 0.467 e. The van der Waals surface area contributed by atoms with Crippen molar-refractivity contribution in [2.75, 3.05) is 20.2 Å². The van der Waals surface area contributed by atoms with Crippen LogP contribution in [0, 0.1) is 18.6 Å². The van der Waals surface area contributed by atoms with Crippen LogP contribution >= 0.6 is 0 Å². The number of halogens is 2. The van der Waals surface area contributed by atoms with Crippen LogP contribution in [0.5, 0.6) is 6.01 Å². The van der Waals surface area contributed by atoms with Gasteiger partial charge in [-0.25, -0.2) is 18.6 Å². The zero-order valence-corrected chi connectivity index (χ0v) is 23.0. The standard InChI is InChI=1S/C29H30F2N6O3/c1-17-24-26(35-27(33-17)39-5)37(25(34-24)21-12-22(30)15-32-14-21)16-20-7-6-19(13-23(20)31)18-8-10-36(11-9-18)28(38)40-29(2,3)4/h6-8,12-15H,9-11,16H2,1-5H3. The van der Waals surface area contributed by atoms with Gasteiger partial charge in [-0.3, -0.25) is 4.98 Å². The molecular weight excluding hydrogens is 518 g/mol. The van der Waals surface area contributed by atoms with Crippen LogP contribution in [0.1, 0.15) is 44.0 Å². The Labute approximate surface area is 230 Å². The van der Waals surface area contributed by atoms with Crippen molar-refractivity contribution in [3.05, 3.63) is 71.2 Å². The van der Waals surface area contributed by atoms with E-state index in [2.05, 4.69) is 19.9 Å². The fourth-order valence-electron chi connectivity index (χ4n) is 4.58. The molecule has 0 spiro atoms. The van der Waals surface area contributed by atoms with Gasteiger partial charge in [0.05, 0.1) is 25.5 Å². The number of nitrogens with zero attached hydrogens (tertiary/aromatic N) is 6. The number of fused-ring (bicyclic) bond motifs is 1. The Bertz CT molecular complexity index is 1630. The van der Waals surface area contributed by atoms with Crippen molar-refractivity contribution in [1.82, 2.24) is 29.4 Å². The van der Waals surface area contributed by atoms with Gasteiger partial charge in [-0.2, -0.15) is 9.97 Å². The third-order valence-electron chi connectivity index (χ3n) is 6.51. The van der Waals surface area contributed by atoms with Crippen LogP contribution in [0.25, 0.3) is 28.1 Å². The van der Waals surface area contributed by atoms with Gasteiger partial charge in [-0.1, -0.05) is 18.2 Å². The highest BCUT2D eigenvalue weighted by Gasteiger charge is 2.25. The molecule has 3 aromatic heterocycles. The van der Waals surface area contributed by atoms with Crippen LogP contribution in [0.3, 0.4) is 0 Å². The number of rotatable bonds is 5. The molecule has 0 saturated carbocycles. The maximum absolute atomic E-state index is 15.5. The topological polar surface area (TPSA) is 95.3 Å². The van der Waals surface area contributed by atoms with E-state index in [0.717, 1.165) is 17.3 Å². The summed E-state index contributed by atoms with van der Waals surface area (Å²) in [5, 5.41) is 0. The van der Waals surface area contributed by atoms with E-state index in [0.29, 0.717) is 53.3 Å². The lowest BCUT2D eigenvalue weighted by Gasteiger charge is -2.29. The molecule has 0 aliphatic carbocycles. The summed E-state index contributed by atoms with van der Waals surface area (Å²) in [5.74, 6) is -0.540. The predicted octanol–water partition coefficient (Wildman–Crippen LogP) is 5.56. The monoisotopic (exact) mass is 548 g/mol. The average Bonchev–Trinajstić information content (AvgIpc) is 3.27. The Kier molecular flexibility index (Phi) is 7.22. The van der Waals surface area contributed by atoms with Gasteiger partial charge in [-0.05, 0) is 57.4 Å². The Morgan fingerprint density at radius 1 is 1.07 bits per heavy atom. The summed E-state index contributed by atoms with van der Waals surface area (Å²) in [4.78, 5) is 31.4. The van der Waals surface area contributed by atoms with Gasteiger partial charge in [0.15, 0.2) is 5.65 Å². The molecule has 9 nitrogen and oxygen atoms in total. The number of carbonyl (C=O) groups is 1. The van der Waals surface area contributed by atoms with Gasteiger partial charge in [0.2, 0.25) is 0 Å². The summed E-state index contributed by atoms with van der Waals surface area (Å²) in [6, 6.07) is 6.54. The number of hydrogen-bond donors (Lipinski definition) is 0. The second-order valence-electron chi connectivity index (χ2n) is 10.6. The highest BCUT2D eigenvalue weighted by Crippen LogP contribution is 2.30. The van der Waals surface area contributed by atoms with Crippen molar-refractivity contribution < 1.29 is 23.0 Å².